The van der Waals surface area contributed by atoms with Crippen molar-refractivity contribution in [3.63, 3.8) is 0 Å². The maximum Gasteiger partial charge on any atom is 0.312 e. The van der Waals surface area contributed by atoms with Gasteiger partial charge in [-0.3, -0.25) is 14.9 Å². The Hall–Kier alpha value is -3.42. The molecule has 1 N–H and O–H groups in total. The fraction of sp³-hybridized carbons (Fsp3) is 0.222. The van der Waals surface area contributed by atoms with Crippen LogP contribution in [0, 0.1) is 10.1 Å². The fourth-order valence-electron chi connectivity index (χ4n) is 2.94. The summed E-state index contributed by atoms with van der Waals surface area (Å²) in [5.41, 5.74) is 2.15. The number of pyridine rings is 1. The fourth-order valence-corrected chi connectivity index (χ4v) is 2.94. The van der Waals surface area contributed by atoms with Crippen molar-refractivity contribution >= 4 is 17.3 Å². The van der Waals surface area contributed by atoms with E-state index in [1.807, 2.05) is 0 Å². The molecule has 0 aliphatic heterocycles. The molecule has 8 heteroatoms. The second-order valence-corrected chi connectivity index (χ2v) is 5.74. The van der Waals surface area contributed by atoms with E-state index in [-0.39, 0.29) is 5.69 Å². The molecule has 1 atom stereocenters. The second kappa shape index (κ2) is 6.83. The lowest BCUT2D eigenvalue weighted by Crippen LogP contribution is -2.13. The highest BCUT2D eigenvalue weighted by atomic mass is 16.6. The number of nitrogens with zero attached hydrogens (tertiary/aromatic N) is 3. The zero-order valence-electron chi connectivity index (χ0n) is 14.2. The Kier molecular flexibility index (Phi) is 4.57. The van der Waals surface area contributed by atoms with Crippen LogP contribution in [0.4, 0.5) is 5.69 Å². The van der Waals surface area contributed by atoms with E-state index in [0.29, 0.717) is 34.8 Å². The number of methoxy groups -OCH3 is 1. The first-order valence-electron chi connectivity index (χ1n) is 7.99. The molecule has 26 heavy (non-hydrogen) atoms. The minimum absolute atomic E-state index is 0.0361. The minimum atomic E-state index is -0.951. The van der Waals surface area contributed by atoms with Crippen LogP contribution in [0.5, 0.6) is 5.75 Å². The first-order valence-corrected chi connectivity index (χ1v) is 7.99. The number of fused-ring (bicyclic) bond motifs is 1. The summed E-state index contributed by atoms with van der Waals surface area (Å²) < 4.78 is 6.93. The van der Waals surface area contributed by atoms with Crippen LogP contribution in [-0.2, 0) is 4.79 Å². The van der Waals surface area contributed by atoms with Crippen LogP contribution < -0.4 is 4.74 Å². The summed E-state index contributed by atoms with van der Waals surface area (Å²) in [5.74, 6) is -1.11. The molecule has 1 aromatic carbocycles. The van der Waals surface area contributed by atoms with Gasteiger partial charge in [0.25, 0.3) is 5.69 Å². The number of aromatic nitrogens is 2. The Morgan fingerprint density at radius 2 is 2.04 bits per heavy atom. The normalized spacial score (nSPS) is 12.1. The van der Waals surface area contributed by atoms with E-state index in [4.69, 9.17) is 4.74 Å². The molecular formula is C18H17N3O5. The number of rotatable bonds is 6. The van der Waals surface area contributed by atoms with Crippen molar-refractivity contribution < 1.29 is 19.6 Å². The number of nitro groups is 1. The summed E-state index contributed by atoms with van der Waals surface area (Å²) in [6, 6.07) is 9.36. The third kappa shape index (κ3) is 2.97. The topological polar surface area (TPSA) is 107 Å². The SMILES string of the molecule is CCC(C(=O)O)c1c(-c2ccc([N+](=O)[O-])cc2)nc2cc(OC)ccn12. The van der Waals surface area contributed by atoms with Crippen molar-refractivity contribution in [2.75, 3.05) is 7.11 Å². The highest BCUT2D eigenvalue weighted by Gasteiger charge is 2.27. The molecule has 0 spiro atoms. The van der Waals surface area contributed by atoms with Crippen LogP contribution in [0.1, 0.15) is 25.0 Å². The molecule has 134 valence electrons. The van der Waals surface area contributed by atoms with Crippen LogP contribution in [0.3, 0.4) is 0 Å². The van der Waals surface area contributed by atoms with Gasteiger partial charge in [-0.15, -0.1) is 0 Å². The zero-order valence-corrected chi connectivity index (χ0v) is 14.2. The first kappa shape index (κ1) is 17.4. The van der Waals surface area contributed by atoms with Crippen molar-refractivity contribution in [1.82, 2.24) is 9.38 Å². The largest absolute Gasteiger partial charge is 0.497 e. The van der Waals surface area contributed by atoms with Gasteiger partial charge in [0.15, 0.2) is 0 Å². The number of imidazole rings is 1. The number of carboxylic acid groups (broad SMARTS) is 1. The van der Waals surface area contributed by atoms with Gasteiger partial charge in [-0.25, -0.2) is 4.98 Å². The van der Waals surface area contributed by atoms with Crippen molar-refractivity contribution in [2.24, 2.45) is 0 Å². The highest BCUT2D eigenvalue weighted by Crippen LogP contribution is 2.33. The Labute approximate surface area is 148 Å². The van der Waals surface area contributed by atoms with E-state index in [9.17, 15) is 20.0 Å². The molecule has 0 saturated carbocycles. The lowest BCUT2D eigenvalue weighted by molar-refractivity contribution is -0.384. The van der Waals surface area contributed by atoms with Gasteiger partial charge in [-0.05, 0) is 24.6 Å². The summed E-state index contributed by atoms with van der Waals surface area (Å²) >= 11 is 0. The Balaban J connectivity index is 2.25. The molecule has 1 unspecified atom stereocenters. The number of benzene rings is 1. The van der Waals surface area contributed by atoms with Gasteiger partial charge in [-0.1, -0.05) is 6.92 Å². The van der Waals surface area contributed by atoms with E-state index in [1.165, 1.54) is 12.1 Å². The molecule has 0 aliphatic carbocycles. The van der Waals surface area contributed by atoms with Crippen molar-refractivity contribution in [2.45, 2.75) is 19.3 Å². The molecule has 0 amide bonds. The summed E-state index contributed by atoms with van der Waals surface area (Å²) in [5, 5.41) is 20.5. The van der Waals surface area contributed by atoms with Gasteiger partial charge < -0.3 is 14.2 Å². The standard InChI is InChI=1S/C18H17N3O5/c1-3-14(18(22)23)17-16(11-4-6-12(7-5-11)21(24)25)19-15-10-13(26-2)8-9-20(15)17/h4-10,14H,3H2,1-2H3,(H,22,23). The van der Waals surface area contributed by atoms with E-state index >= 15 is 0 Å². The van der Waals surface area contributed by atoms with Crippen molar-refractivity contribution in [1.29, 1.82) is 0 Å². The molecule has 0 saturated heterocycles. The number of ether oxygens (including phenoxy) is 1. The minimum Gasteiger partial charge on any atom is -0.497 e. The van der Waals surface area contributed by atoms with Crippen LogP contribution >= 0.6 is 0 Å². The van der Waals surface area contributed by atoms with E-state index in [2.05, 4.69) is 4.98 Å². The van der Waals surface area contributed by atoms with Crippen molar-refractivity contribution in [3.05, 3.63) is 58.4 Å². The van der Waals surface area contributed by atoms with Gasteiger partial charge in [0.2, 0.25) is 0 Å². The third-order valence-electron chi connectivity index (χ3n) is 4.26. The molecule has 3 rings (SSSR count). The van der Waals surface area contributed by atoms with Gasteiger partial charge in [-0.2, -0.15) is 0 Å². The molecule has 0 aliphatic rings. The number of hydrogen-bond donors (Lipinski definition) is 1. The first-order chi connectivity index (χ1) is 12.5. The Morgan fingerprint density at radius 1 is 1.35 bits per heavy atom. The monoisotopic (exact) mass is 355 g/mol. The quantitative estimate of drug-likeness (QED) is 0.536. The molecule has 0 bridgehead atoms. The zero-order chi connectivity index (χ0) is 18.8. The number of hydrogen-bond acceptors (Lipinski definition) is 5. The van der Waals surface area contributed by atoms with Crippen LogP contribution in [0.2, 0.25) is 0 Å². The number of carboxylic acids is 1. The van der Waals surface area contributed by atoms with Gasteiger partial charge in [0.05, 0.1) is 29.3 Å². The predicted molar refractivity (Wildman–Crippen MR) is 94.5 cm³/mol. The summed E-state index contributed by atoms with van der Waals surface area (Å²) in [6.07, 6.45) is 2.10. The second-order valence-electron chi connectivity index (χ2n) is 5.74. The molecule has 2 heterocycles. The Morgan fingerprint density at radius 3 is 2.58 bits per heavy atom. The average Bonchev–Trinajstić information content (AvgIpc) is 3.00. The molecule has 8 nitrogen and oxygen atoms in total. The van der Waals surface area contributed by atoms with Gasteiger partial charge >= 0.3 is 5.97 Å². The molecule has 0 fully saturated rings. The number of nitro benzene ring substituents is 1. The summed E-state index contributed by atoms with van der Waals surface area (Å²) in [7, 11) is 1.54. The third-order valence-corrected chi connectivity index (χ3v) is 4.26. The highest BCUT2D eigenvalue weighted by molar-refractivity contribution is 5.80. The van der Waals surface area contributed by atoms with Gasteiger partial charge in [0.1, 0.15) is 11.4 Å². The lowest BCUT2D eigenvalue weighted by Gasteiger charge is -2.12. The van der Waals surface area contributed by atoms with E-state index in [1.54, 1.807) is 48.9 Å². The van der Waals surface area contributed by atoms with E-state index in [0.717, 1.165) is 0 Å². The van der Waals surface area contributed by atoms with E-state index < -0.39 is 16.8 Å². The number of carbonyl (C=O) groups is 1. The molecule has 0 radical (unpaired) electrons. The molecule has 3 aromatic rings. The van der Waals surface area contributed by atoms with Crippen molar-refractivity contribution in [3.8, 4) is 17.0 Å². The number of non-ortho nitro benzene ring substituents is 1. The smallest absolute Gasteiger partial charge is 0.312 e. The maximum atomic E-state index is 11.8. The van der Waals surface area contributed by atoms with Crippen LogP contribution in [0.25, 0.3) is 16.9 Å². The maximum absolute atomic E-state index is 11.8. The molecule has 2 aromatic heterocycles. The molecular weight excluding hydrogens is 338 g/mol. The summed E-state index contributed by atoms with van der Waals surface area (Å²) in [6.45, 7) is 1.79. The predicted octanol–water partition coefficient (Wildman–Crippen LogP) is 3.50. The summed E-state index contributed by atoms with van der Waals surface area (Å²) in [4.78, 5) is 26.7. The van der Waals surface area contributed by atoms with Gasteiger partial charge in [0, 0.05) is 30.0 Å². The number of aliphatic carboxylic acids is 1. The Bertz CT molecular complexity index is 978. The average molecular weight is 355 g/mol. The van der Waals surface area contributed by atoms with Crippen LogP contribution in [-0.4, -0.2) is 32.5 Å². The van der Waals surface area contributed by atoms with Crippen LogP contribution in [0.15, 0.2) is 42.6 Å². The lowest BCUT2D eigenvalue weighted by atomic mass is 9.97.